The topological polar surface area (TPSA) is 80.4 Å². The number of amides is 1. The van der Waals surface area contributed by atoms with Crippen LogP contribution < -0.4 is 5.73 Å². The molecule has 0 bridgehead atoms. The smallest absolute Gasteiger partial charge is 0.249 e. The number of aliphatic hydroxyl groups is 1. The van der Waals surface area contributed by atoms with Gasteiger partial charge in [0.05, 0.1) is 6.61 Å². The van der Waals surface area contributed by atoms with Crippen LogP contribution >= 0.6 is 0 Å². The molecule has 0 aliphatic heterocycles. The first-order chi connectivity index (χ1) is 6.66. The van der Waals surface area contributed by atoms with Gasteiger partial charge in [-0.25, -0.2) is 0 Å². The van der Waals surface area contributed by atoms with Gasteiger partial charge in [-0.1, -0.05) is 18.2 Å². The Hall–Kier alpha value is -1.68. The van der Waals surface area contributed by atoms with E-state index in [2.05, 4.69) is 0 Å². The van der Waals surface area contributed by atoms with Gasteiger partial charge in [0.2, 0.25) is 5.91 Å². The highest BCUT2D eigenvalue weighted by Crippen LogP contribution is 2.10. The molecule has 0 saturated carbocycles. The van der Waals surface area contributed by atoms with E-state index in [1.807, 2.05) is 0 Å². The molecule has 0 saturated heterocycles. The number of carbonyl (C=O) groups excluding carboxylic acids is 2. The molecule has 1 amide bonds. The van der Waals surface area contributed by atoms with Crippen LogP contribution in [-0.4, -0.2) is 23.4 Å². The number of benzene rings is 1. The molecule has 0 spiro atoms. The molecule has 1 aromatic rings. The molecule has 0 heterocycles. The van der Waals surface area contributed by atoms with Gasteiger partial charge in [-0.15, -0.1) is 0 Å². The van der Waals surface area contributed by atoms with E-state index in [-0.39, 0.29) is 29.9 Å². The highest BCUT2D eigenvalue weighted by atomic mass is 16.3. The molecular formula is C10H11NO3. The van der Waals surface area contributed by atoms with Gasteiger partial charge in [0, 0.05) is 17.5 Å². The van der Waals surface area contributed by atoms with Crippen molar-refractivity contribution >= 4 is 11.7 Å². The van der Waals surface area contributed by atoms with Crippen molar-refractivity contribution in [3.05, 3.63) is 35.4 Å². The maximum Gasteiger partial charge on any atom is 0.249 e. The molecule has 0 atom stereocenters. The van der Waals surface area contributed by atoms with E-state index in [0.717, 1.165) is 0 Å². The zero-order chi connectivity index (χ0) is 10.6. The number of rotatable bonds is 4. The van der Waals surface area contributed by atoms with E-state index in [1.54, 1.807) is 12.1 Å². The number of Topliss-reactive ketones (excluding diaryl/α,β-unsaturated/α-hetero) is 1. The molecule has 0 aromatic heterocycles. The number of carbonyl (C=O) groups is 2. The van der Waals surface area contributed by atoms with Crippen molar-refractivity contribution in [1.29, 1.82) is 0 Å². The Morgan fingerprint density at radius 1 is 1.21 bits per heavy atom. The SMILES string of the molecule is NC(=O)c1ccccc1C(=O)CCO. The zero-order valence-corrected chi connectivity index (χ0v) is 7.56. The molecule has 14 heavy (non-hydrogen) atoms. The van der Waals surface area contributed by atoms with E-state index in [1.165, 1.54) is 12.1 Å². The van der Waals surface area contributed by atoms with E-state index in [0.29, 0.717) is 0 Å². The monoisotopic (exact) mass is 193 g/mol. The van der Waals surface area contributed by atoms with E-state index < -0.39 is 5.91 Å². The summed E-state index contributed by atoms with van der Waals surface area (Å²) in [5.74, 6) is -0.909. The summed E-state index contributed by atoms with van der Waals surface area (Å²) in [6.07, 6.45) is 0.00426. The molecule has 1 aromatic carbocycles. The van der Waals surface area contributed by atoms with E-state index in [4.69, 9.17) is 10.8 Å². The predicted octanol–water partition coefficient (Wildman–Crippen LogP) is 0.351. The fourth-order valence-electron chi connectivity index (χ4n) is 1.18. The van der Waals surface area contributed by atoms with E-state index >= 15 is 0 Å². The van der Waals surface area contributed by atoms with Crippen LogP contribution in [0.15, 0.2) is 24.3 Å². The number of nitrogens with two attached hydrogens (primary N) is 1. The average Bonchev–Trinajstić information content (AvgIpc) is 2.18. The minimum atomic E-state index is -0.633. The van der Waals surface area contributed by atoms with Crippen molar-refractivity contribution in [3.63, 3.8) is 0 Å². The largest absolute Gasteiger partial charge is 0.396 e. The van der Waals surface area contributed by atoms with Crippen molar-refractivity contribution in [3.8, 4) is 0 Å². The predicted molar refractivity (Wildman–Crippen MR) is 51.0 cm³/mol. The summed E-state index contributed by atoms with van der Waals surface area (Å²) in [4.78, 5) is 22.3. The number of aliphatic hydroxyl groups excluding tert-OH is 1. The van der Waals surface area contributed by atoms with Gasteiger partial charge in [0.1, 0.15) is 0 Å². The third kappa shape index (κ3) is 2.17. The molecule has 74 valence electrons. The zero-order valence-electron chi connectivity index (χ0n) is 7.56. The van der Waals surface area contributed by atoms with Crippen molar-refractivity contribution in [2.45, 2.75) is 6.42 Å². The van der Waals surface area contributed by atoms with Gasteiger partial charge < -0.3 is 10.8 Å². The minimum absolute atomic E-state index is 0.00426. The molecule has 0 aliphatic rings. The molecule has 1 rings (SSSR count). The molecule has 0 unspecified atom stereocenters. The first-order valence-electron chi connectivity index (χ1n) is 4.19. The Bertz CT molecular complexity index is 360. The standard InChI is InChI=1S/C10H11NO3/c11-10(14)8-4-2-1-3-7(8)9(13)5-6-12/h1-4,12H,5-6H2,(H2,11,14). The van der Waals surface area contributed by atoms with Crippen LogP contribution in [0, 0.1) is 0 Å². The number of hydrogen-bond donors (Lipinski definition) is 2. The summed E-state index contributed by atoms with van der Waals surface area (Å²) in [7, 11) is 0. The minimum Gasteiger partial charge on any atom is -0.396 e. The first-order valence-corrected chi connectivity index (χ1v) is 4.19. The Balaban J connectivity index is 3.07. The van der Waals surface area contributed by atoms with Crippen LogP contribution in [0.5, 0.6) is 0 Å². The summed E-state index contributed by atoms with van der Waals surface area (Å²) in [5, 5.41) is 8.59. The van der Waals surface area contributed by atoms with Crippen LogP contribution in [0.4, 0.5) is 0 Å². The summed E-state index contributed by atoms with van der Waals surface area (Å²) in [6, 6.07) is 6.30. The molecule has 3 N–H and O–H groups in total. The third-order valence-electron chi connectivity index (χ3n) is 1.83. The highest BCUT2D eigenvalue weighted by molar-refractivity contribution is 6.07. The van der Waals surface area contributed by atoms with Gasteiger partial charge >= 0.3 is 0 Å². The molecule has 4 heteroatoms. The molecule has 0 fully saturated rings. The molecule has 0 aliphatic carbocycles. The highest BCUT2D eigenvalue weighted by Gasteiger charge is 2.13. The maximum atomic E-state index is 11.4. The summed E-state index contributed by atoms with van der Waals surface area (Å²) < 4.78 is 0. The van der Waals surface area contributed by atoms with Gasteiger partial charge in [0.25, 0.3) is 0 Å². The summed E-state index contributed by atoms with van der Waals surface area (Å²) in [5.41, 5.74) is 5.57. The fourth-order valence-corrected chi connectivity index (χ4v) is 1.18. The van der Waals surface area contributed by atoms with Crippen LogP contribution in [0.3, 0.4) is 0 Å². The lowest BCUT2D eigenvalue weighted by Crippen LogP contribution is -2.16. The van der Waals surface area contributed by atoms with E-state index in [9.17, 15) is 9.59 Å². The average molecular weight is 193 g/mol. The Labute approximate surface area is 81.3 Å². The maximum absolute atomic E-state index is 11.4. The Morgan fingerprint density at radius 3 is 2.29 bits per heavy atom. The van der Waals surface area contributed by atoms with Crippen LogP contribution in [-0.2, 0) is 0 Å². The second-order valence-electron chi connectivity index (χ2n) is 2.81. The van der Waals surface area contributed by atoms with Crippen LogP contribution in [0.25, 0.3) is 0 Å². The normalized spacial score (nSPS) is 9.79. The summed E-state index contributed by atoms with van der Waals surface area (Å²) >= 11 is 0. The molecule has 4 nitrogen and oxygen atoms in total. The lowest BCUT2D eigenvalue weighted by molar-refractivity contribution is 0.0938. The van der Waals surface area contributed by atoms with Crippen LogP contribution in [0.1, 0.15) is 27.1 Å². The second kappa shape index (κ2) is 4.53. The fraction of sp³-hybridized carbons (Fsp3) is 0.200. The molecule has 0 radical (unpaired) electrons. The number of primary amides is 1. The van der Waals surface area contributed by atoms with Crippen LogP contribution in [0.2, 0.25) is 0 Å². The van der Waals surface area contributed by atoms with Gasteiger partial charge in [0.15, 0.2) is 5.78 Å². The van der Waals surface area contributed by atoms with Gasteiger partial charge in [-0.3, -0.25) is 9.59 Å². The first kappa shape index (κ1) is 10.4. The lowest BCUT2D eigenvalue weighted by atomic mass is 10.0. The number of ketones is 1. The van der Waals surface area contributed by atoms with Gasteiger partial charge in [-0.2, -0.15) is 0 Å². The Morgan fingerprint density at radius 2 is 1.79 bits per heavy atom. The van der Waals surface area contributed by atoms with Crippen molar-refractivity contribution in [1.82, 2.24) is 0 Å². The number of hydrogen-bond acceptors (Lipinski definition) is 3. The van der Waals surface area contributed by atoms with Crippen molar-refractivity contribution in [2.75, 3.05) is 6.61 Å². The second-order valence-corrected chi connectivity index (χ2v) is 2.81. The van der Waals surface area contributed by atoms with Crippen molar-refractivity contribution < 1.29 is 14.7 Å². The van der Waals surface area contributed by atoms with Gasteiger partial charge in [-0.05, 0) is 6.07 Å². The lowest BCUT2D eigenvalue weighted by Gasteiger charge is -2.03. The third-order valence-corrected chi connectivity index (χ3v) is 1.83. The Kier molecular flexibility index (Phi) is 3.36. The van der Waals surface area contributed by atoms with Crippen molar-refractivity contribution in [2.24, 2.45) is 5.73 Å². The quantitative estimate of drug-likeness (QED) is 0.677. The molecular weight excluding hydrogens is 182 g/mol. The summed E-state index contributed by atoms with van der Waals surface area (Å²) in [6.45, 7) is -0.230.